The molecular formula is C16H15FN2O. The molecule has 0 aromatic heterocycles. The molecule has 4 heteroatoms. The predicted octanol–water partition coefficient (Wildman–Crippen LogP) is 3.71. The molecule has 0 saturated carbocycles. The van der Waals surface area contributed by atoms with Crippen LogP contribution in [0, 0.1) is 5.82 Å². The van der Waals surface area contributed by atoms with E-state index in [1.165, 1.54) is 6.07 Å². The number of halogens is 1. The first-order valence-corrected chi connectivity index (χ1v) is 6.64. The molecular weight excluding hydrogens is 255 g/mol. The molecule has 1 heterocycles. The van der Waals surface area contributed by atoms with Crippen molar-refractivity contribution in [3.05, 3.63) is 59.9 Å². The van der Waals surface area contributed by atoms with Gasteiger partial charge in [-0.05, 0) is 24.1 Å². The summed E-state index contributed by atoms with van der Waals surface area (Å²) in [4.78, 5) is 11.8. The van der Waals surface area contributed by atoms with Crippen molar-refractivity contribution in [1.29, 1.82) is 0 Å². The first kappa shape index (κ1) is 12.7. The molecule has 2 aromatic carbocycles. The molecule has 1 unspecified atom stereocenters. The van der Waals surface area contributed by atoms with E-state index in [4.69, 9.17) is 0 Å². The van der Waals surface area contributed by atoms with Crippen molar-refractivity contribution >= 4 is 17.3 Å². The van der Waals surface area contributed by atoms with E-state index in [0.29, 0.717) is 18.5 Å². The van der Waals surface area contributed by atoms with Gasteiger partial charge in [0.1, 0.15) is 11.5 Å². The first-order chi connectivity index (χ1) is 9.74. The lowest BCUT2D eigenvalue weighted by Crippen LogP contribution is -2.22. The lowest BCUT2D eigenvalue weighted by atomic mass is 10.00. The number of carbonyl (C=O) groups excluding carboxylic acids is 1. The highest BCUT2D eigenvalue weighted by Crippen LogP contribution is 2.32. The van der Waals surface area contributed by atoms with E-state index in [0.717, 1.165) is 5.56 Å². The van der Waals surface area contributed by atoms with Crippen LogP contribution < -0.4 is 10.6 Å². The van der Waals surface area contributed by atoms with Crippen LogP contribution in [0.2, 0.25) is 0 Å². The number of fused-ring (bicyclic) bond motifs is 1. The molecule has 3 nitrogen and oxygen atoms in total. The second-order valence-electron chi connectivity index (χ2n) is 4.86. The number of carbonyl (C=O) groups is 1. The van der Waals surface area contributed by atoms with E-state index in [-0.39, 0.29) is 17.6 Å². The van der Waals surface area contributed by atoms with Gasteiger partial charge in [0.05, 0.1) is 11.7 Å². The Bertz CT molecular complexity index is 628. The predicted molar refractivity (Wildman–Crippen MR) is 77.1 cm³/mol. The Hall–Kier alpha value is -2.36. The van der Waals surface area contributed by atoms with Gasteiger partial charge in [0.2, 0.25) is 5.91 Å². The van der Waals surface area contributed by atoms with Crippen molar-refractivity contribution in [3.8, 4) is 0 Å². The van der Waals surface area contributed by atoms with E-state index in [9.17, 15) is 9.18 Å². The molecule has 2 N–H and O–H groups in total. The Morgan fingerprint density at radius 2 is 1.85 bits per heavy atom. The van der Waals surface area contributed by atoms with Crippen LogP contribution in [0.3, 0.4) is 0 Å². The average molecular weight is 270 g/mol. The second kappa shape index (κ2) is 5.33. The van der Waals surface area contributed by atoms with Crippen LogP contribution in [0.5, 0.6) is 0 Å². The van der Waals surface area contributed by atoms with Gasteiger partial charge in [-0.25, -0.2) is 4.39 Å². The van der Waals surface area contributed by atoms with Crippen LogP contribution in [-0.4, -0.2) is 5.91 Å². The maximum atomic E-state index is 13.8. The third-order valence-corrected chi connectivity index (χ3v) is 3.47. The Balaban J connectivity index is 1.99. The minimum atomic E-state index is -0.419. The van der Waals surface area contributed by atoms with Crippen LogP contribution in [0.4, 0.5) is 15.8 Å². The van der Waals surface area contributed by atoms with Crippen LogP contribution in [-0.2, 0) is 4.79 Å². The molecule has 2 aromatic rings. The number of nitrogens with one attached hydrogen (secondary N) is 2. The fraction of sp³-hybridized carbons (Fsp3) is 0.188. The molecule has 0 bridgehead atoms. The van der Waals surface area contributed by atoms with Crippen LogP contribution in [0.15, 0.2) is 48.5 Å². The summed E-state index contributed by atoms with van der Waals surface area (Å²) in [5.41, 5.74) is 1.95. The topological polar surface area (TPSA) is 41.1 Å². The highest BCUT2D eigenvalue weighted by molar-refractivity contribution is 5.95. The number of hydrogen-bond donors (Lipinski definition) is 2. The standard InChI is InChI=1S/C16H15FN2O/c17-12-7-4-8-14-16(12)19-15(20)10-9-13(18-14)11-5-2-1-3-6-11/h1-8,13,18H,9-10H2,(H,19,20). The van der Waals surface area contributed by atoms with Crippen molar-refractivity contribution in [3.63, 3.8) is 0 Å². The Kier molecular flexibility index (Phi) is 3.37. The quantitative estimate of drug-likeness (QED) is 0.829. The van der Waals surface area contributed by atoms with Gasteiger partial charge in [-0.1, -0.05) is 36.4 Å². The summed E-state index contributed by atoms with van der Waals surface area (Å²) in [5.74, 6) is -0.573. The van der Waals surface area contributed by atoms with Crippen molar-refractivity contribution in [2.75, 3.05) is 10.6 Å². The third kappa shape index (κ3) is 2.50. The number of para-hydroxylation sites is 1. The fourth-order valence-electron chi connectivity index (χ4n) is 2.44. The largest absolute Gasteiger partial charge is 0.376 e. The zero-order valence-corrected chi connectivity index (χ0v) is 10.9. The maximum absolute atomic E-state index is 13.8. The van der Waals surface area contributed by atoms with E-state index >= 15 is 0 Å². The minimum absolute atomic E-state index is 0.00259. The van der Waals surface area contributed by atoms with Gasteiger partial charge >= 0.3 is 0 Å². The Labute approximate surface area is 116 Å². The summed E-state index contributed by atoms with van der Waals surface area (Å²) in [7, 11) is 0. The van der Waals surface area contributed by atoms with Crippen molar-refractivity contribution in [2.24, 2.45) is 0 Å². The molecule has 102 valence electrons. The summed E-state index contributed by atoms with van der Waals surface area (Å²) in [6.07, 6.45) is 1.03. The van der Waals surface area contributed by atoms with Crippen molar-refractivity contribution in [2.45, 2.75) is 18.9 Å². The monoisotopic (exact) mass is 270 g/mol. The molecule has 1 aliphatic rings. The van der Waals surface area contributed by atoms with Crippen LogP contribution in [0.25, 0.3) is 0 Å². The van der Waals surface area contributed by atoms with Crippen molar-refractivity contribution in [1.82, 2.24) is 0 Å². The highest BCUT2D eigenvalue weighted by Gasteiger charge is 2.20. The number of amides is 1. The number of hydrogen-bond acceptors (Lipinski definition) is 2. The van der Waals surface area contributed by atoms with E-state index in [2.05, 4.69) is 10.6 Å². The molecule has 0 aliphatic carbocycles. The molecule has 3 rings (SSSR count). The summed E-state index contributed by atoms with van der Waals surface area (Å²) < 4.78 is 13.8. The smallest absolute Gasteiger partial charge is 0.224 e. The second-order valence-corrected chi connectivity index (χ2v) is 4.86. The molecule has 1 aliphatic heterocycles. The van der Waals surface area contributed by atoms with Crippen LogP contribution in [0.1, 0.15) is 24.4 Å². The molecule has 0 fully saturated rings. The van der Waals surface area contributed by atoms with E-state index in [1.54, 1.807) is 12.1 Å². The molecule has 20 heavy (non-hydrogen) atoms. The maximum Gasteiger partial charge on any atom is 0.224 e. The lowest BCUT2D eigenvalue weighted by Gasteiger charge is -2.25. The van der Waals surface area contributed by atoms with Crippen molar-refractivity contribution < 1.29 is 9.18 Å². The van der Waals surface area contributed by atoms with Gasteiger partial charge in [0, 0.05) is 6.42 Å². The van der Waals surface area contributed by atoms with Gasteiger partial charge < -0.3 is 10.6 Å². The Morgan fingerprint density at radius 1 is 1.05 bits per heavy atom. The minimum Gasteiger partial charge on any atom is -0.376 e. The summed E-state index contributed by atoms with van der Waals surface area (Å²) >= 11 is 0. The lowest BCUT2D eigenvalue weighted by molar-refractivity contribution is -0.116. The van der Waals surface area contributed by atoms with Gasteiger partial charge in [0.25, 0.3) is 0 Å². The van der Waals surface area contributed by atoms with Gasteiger partial charge in [0.15, 0.2) is 0 Å². The number of benzene rings is 2. The zero-order valence-electron chi connectivity index (χ0n) is 10.9. The third-order valence-electron chi connectivity index (χ3n) is 3.47. The summed E-state index contributed by atoms with van der Waals surface area (Å²) in [6.45, 7) is 0. The highest BCUT2D eigenvalue weighted by atomic mass is 19.1. The number of rotatable bonds is 1. The fourth-order valence-corrected chi connectivity index (χ4v) is 2.44. The average Bonchev–Trinajstić information content (AvgIpc) is 2.45. The SMILES string of the molecule is O=C1CCC(c2ccccc2)Nc2cccc(F)c2N1. The molecule has 0 spiro atoms. The Morgan fingerprint density at radius 3 is 2.65 bits per heavy atom. The normalized spacial score (nSPS) is 18.2. The van der Waals surface area contributed by atoms with Gasteiger partial charge in [-0.15, -0.1) is 0 Å². The number of anilines is 2. The first-order valence-electron chi connectivity index (χ1n) is 6.64. The zero-order chi connectivity index (χ0) is 13.9. The molecule has 0 radical (unpaired) electrons. The molecule has 1 atom stereocenters. The van der Waals surface area contributed by atoms with Gasteiger partial charge in [-0.3, -0.25) is 4.79 Å². The van der Waals surface area contributed by atoms with E-state index < -0.39 is 5.82 Å². The van der Waals surface area contributed by atoms with Gasteiger partial charge in [-0.2, -0.15) is 0 Å². The van der Waals surface area contributed by atoms with E-state index in [1.807, 2.05) is 30.3 Å². The molecule has 0 saturated heterocycles. The molecule has 1 amide bonds. The summed E-state index contributed by atoms with van der Waals surface area (Å²) in [5, 5.41) is 5.95. The summed E-state index contributed by atoms with van der Waals surface area (Å²) in [6, 6.07) is 14.7. The van der Waals surface area contributed by atoms with Crippen LogP contribution >= 0.6 is 0 Å².